The minimum Gasteiger partial charge on any atom is -0.372 e. The Balaban J connectivity index is 1.87. The average Bonchev–Trinajstić information content (AvgIpc) is 2.83. The van der Waals surface area contributed by atoms with Crippen LogP contribution in [0.3, 0.4) is 0 Å². The SMILES string of the molecule is Cc1nc(N2C[C@H](C)O[C@@H](C)C2)c2c3c(sc2n1)CCCC3. The van der Waals surface area contributed by atoms with Crippen molar-refractivity contribution in [2.75, 3.05) is 18.0 Å². The van der Waals surface area contributed by atoms with Crippen LogP contribution in [0, 0.1) is 6.92 Å². The summed E-state index contributed by atoms with van der Waals surface area (Å²) in [4.78, 5) is 14.7. The van der Waals surface area contributed by atoms with Gasteiger partial charge >= 0.3 is 0 Å². The summed E-state index contributed by atoms with van der Waals surface area (Å²) in [5.74, 6) is 2.02. The number of thiophene rings is 1. The second-order valence-corrected chi connectivity index (χ2v) is 7.73. The molecule has 2 atom stereocenters. The van der Waals surface area contributed by atoms with Gasteiger partial charge in [-0.2, -0.15) is 0 Å². The van der Waals surface area contributed by atoms with E-state index in [1.54, 1.807) is 0 Å². The van der Waals surface area contributed by atoms with Crippen molar-refractivity contribution in [2.24, 2.45) is 0 Å². The van der Waals surface area contributed by atoms with Gasteiger partial charge in [0, 0.05) is 18.0 Å². The minimum atomic E-state index is 0.253. The van der Waals surface area contributed by atoms with Gasteiger partial charge in [-0.3, -0.25) is 0 Å². The third-order valence-electron chi connectivity index (χ3n) is 4.63. The lowest BCUT2D eigenvalue weighted by Crippen LogP contribution is -2.46. The van der Waals surface area contributed by atoms with Crippen LogP contribution in [0.15, 0.2) is 0 Å². The molecule has 0 radical (unpaired) electrons. The van der Waals surface area contributed by atoms with E-state index in [0.717, 1.165) is 24.7 Å². The molecule has 1 fully saturated rings. The highest BCUT2D eigenvalue weighted by atomic mass is 32.1. The fraction of sp³-hybridized carbons (Fsp3) is 0.647. The highest BCUT2D eigenvalue weighted by Gasteiger charge is 2.28. The predicted octanol–water partition coefficient (Wildman–Crippen LogP) is 3.49. The smallest absolute Gasteiger partial charge is 0.141 e. The van der Waals surface area contributed by atoms with Crippen molar-refractivity contribution in [3.8, 4) is 0 Å². The van der Waals surface area contributed by atoms with Crippen LogP contribution < -0.4 is 4.90 Å². The van der Waals surface area contributed by atoms with E-state index in [4.69, 9.17) is 14.7 Å². The van der Waals surface area contributed by atoms with Crippen molar-refractivity contribution >= 4 is 27.4 Å². The summed E-state index contributed by atoms with van der Waals surface area (Å²) in [5.41, 5.74) is 1.52. The molecule has 0 saturated carbocycles. The molecule has 0 bridgehead atoms. The van der Waals surface area contributed by atoms with Crippen LogP contribution in [0.25, 0.3) is 10.2 Å². The van der Waals surface area contributed by atoms with Crippen LogP contribution in [0.1, 0.15) is 43.0 Å². The molecule has 0 amide bonds. The first-order chi connectivity index (χ1) is 10.6. The Morgan fingerprint density at radius 1 is 1.09 bits per heavy atom. The maximum absolute atomic E-state index is 5.89. The summed E-state index contributed by atoms with van der Waals surface area (Å²) in [7, 11) is 0. The zero-order chi connectivity index (χ0) is 15.3. The van der Waals surface area contributed by atoms with Gasteiger partial charge in [0.25, 0.3) is 0 Å². The zero-order valence-corrected chi connectivity index (χ0v) is 14.4. The summed E-state index contributed by atoms with van der Waals surface area (Å²) in [6.45, 7) is 8.14. The molecule has 1 aliphatic heterocycles. The number of aryl methyl sites for hydroxylation is 3. The third-order valence-corrected chi connectivity index (χ3v) is 5.81. The van der Waals surface area contributed by atoms with Crippen LogP contribution in [-0.2, 0) is 17.6 Å². The molecule has 1 aliphatic carbocycles. The first-order valence-electron chi connectivity index (χ1n) is 8.31. The van der Waals surface area contributed by atoms with E-state index in [-0.39, 0.29) is 12.2 Å². The van der Waals surface area contributed by atoms with E-state index in [9.17, 15) is 0 Å². The normalized spacial score (nSPS) is 25.5. The molecule has 2 aromatic heterocycles. The number of nitrogens with zero attached hydrogens (tertiary/aromatic N) is 3. The summed E-state index contributed by atoms with van der Waals surface area (Å²) >= 11 is 1.88. The van der Waals surface area contributed by atoms with Gasteiger partial charge in [0.2, 0.25) is 0 Å². The number of fused-ring (bicyclic) bond motifs is 3. The van der Waals surface area contributed by atoms with Crippen LogP contribution >= 0.6 is 11.3 Å². The Labute approximate surface area is 135 Å². The van der Waals surface area contributed by atoms with E-state index >= 15 is 0 Å². The molecule has 0 aromatic carbocycles. The number of morpholine rings is 1. The first-order valence-corrected chi connectivity index (χ1v) is 9.12. The predicted molar refractivity (Wildman–Crippen MR) is 91.0 cm³/mol. The molecule has 5 heteroatoms. The Bertz CT molecular complexity index is 701. The van der Waals surface area contributed by atoms with Gasteiger partial charge in [-0.1, -0.05) is 0 Å². The largest absolute Gasteiger partial charge is 0.372 e. The molecule has 3 heterocycles. The molecule has 0 N–H and O–H groups in total. The van der Waals surface area contributed by atoms with Gasteiger partial charge in [0.1, 0.15) is 16.5 Å². The second kappa shape index (κ2) is 5.46. The molecular formula is C17H23N3OS. The lowest BCUT2D eigenvalue weighted by atomic mass is 9.96. The van der Waals surface area contributed by atoms with Gasteiger partial charge in [-0.25, -0.2) is 9.97 Å². The van der Waals surface area contributed by atoms with Crippen molar-refractivity contribution in [2.45, 2.75) is 58.7 Å². The van der Waals surface area contributed by atoms with Gasteiger partial charge in [0.05, 0.1) is 17.6 Å². The van der Waals surface area contributed by atoms with Crippen LogP contribution in [-0.4, -0.2) is 35.3 Å². The van der Waals surface area contributed by atoms with Crippen molar-refractivity contribution in [3.05, 3.63) is 16.3 Å². The van der Waals surface area contributed by atoms with Crippen LogP contribution in [0.2, 0.25) is 0 Å². The molecule has 1 saturated heterocycles. The van der Waals surface area contributed by atoms with E-state index < -0.39 is 0 Å². The average molecular weight is 317 g/mol. The number of aromatic nitrogens is 2. The fourth-order valence-electron chi connectivity index (χ4n) is 3.82. The number of rotatable bonds is 1. The van der Waals surface area contributed by atoms with Crippen LogP contribution in [0.4, 0.5) is 5.82 Å². The molecular weight excluding hydrogens is 294 g/mol. The van der Waals surface area contributed by atoms with Gasteiger partial charge < -0.3 is 9.64 Å². The molecule has 2 aromatic rings. The van der Waals surface area contributed by atoms with Crippen molar-refractivity contribution in [1.82, 2.24) is 9.97 Å². The molecule has 118 valence electrons. The summed E-state index contributed by atoms with van der Waals surface area (Å²) in [6.07, 6.45) is 5.51. The minimum absolute atomic E-state index is 0.253. The highest BCUT2D eigenvalue weighted by Crippen LogP contribution is 2.40. The lowest BCUT2D eigenvalue weighted by Gasteiger charge is -2.36. The topological polar surface area (TPSA) is 38.2 Å². The molecule has 4 rings (SSSR count). The van der Waals surface area contributed by atoms with Gasteiger partial charge in [-0.05, 0) is 52.0 Å². The lowest BCUT2D eigenvalue weighted by molar-refractivity contribution is -0.00538. The number of anilines is 1. The first kappa shape index (κ1) is 14.4. The Kier molecular flexibility index (Phi) is 3.57. The molecule has 2 aliphatic rings. The quantitative estimate of drug-likeness (QED) is 0.807. The molecule has 4 nitrogen and oxygen atoms in total. The van der Waals surface area contributed by atoms with E-state index in [1.807, 2.05) is 18.3 Å². The van der Waals surface area contributed by atoms with Crippen molar-refractivity contribution in [3.63, 3.8) is 0 Å². The Morgan fingerprint density at radius 3 is 2.59 bits per heavy atom. The highest BCUT2D eigenvalue weighted by molar-refractivity contribution is 7.19. The zero-order valence-electron chi connectivity index (χ0n) is 13.6. The molecule has 0 unspecified atom stereocenters. The Hall–Kier alpha value is -1.20. The standard InChI is InChI=1S/C17H23N3OS/c1-10-8-20(9-11(2)21-10)16-15-13-6-4-5-7-14(13)22-17(15)19-12(3)18-16/h10-11H,4-9H2,1-3H3/t10-,11-/m0/s1. The van der Waals surface area contributed by atoms with E-state index in [1.165, 1.54) is 46.3 Å². The number of hydrogen-bond donors (Lipinski definition) is 0. The van der Waals surface area contributed by atoms with E-state index in [0.29, 0.717) is 0 Å². The number of hydrogen-bond acceptors (Lipinski definition) is 5. The number of ether oxygens (including phenoxy) is 1. The van der Waals surface area contributed by atoms with Crippen LogP contribution in [0.5, 0.6) is 0 Å². The van der Waals surface area contributed by atoms with Crippen molar-refractivity contribution < 1.29 is 4.74 Å². The molecule has 0 spiro atoms. The molecule has 22 heavy (non-hydrogen) atoms. The maximum Gasteiger partial charge on any atom is 0.141 e. The summed E-state index contributed by atoms with van der Waals surface area (Å²) in [6, 6.07) is 0. The van der Waals surface area contributed by atoms with Crippen molar-refractivity contribution in [1.29, 1.82) is 0 Å². The second-order valence-electron chi connectivity index (χ2n) is 6.65. The maximum atomic E-state index is 5.89. The summed E-state index contributed by atoms with van der Waals surface area (Å²) in [5, 5.41) is 1.33. The summed E-state index contributed by atoms with van der Waals surface area (Å²) < 4.78 is 5.89. The van der Waals surface area contributed by atoms with Gasteiger partial charge in [-0.15, -0.1) is 11.3 Å². The Morgan fingerprint density at radius 2 is 1.82 bits per heavy atom. The third kappa shape index (κ3) is 2.40. The van der Waals surface area contributed by atoms with E-state index in [2.05, 4.69) is 18.7 Å². The fourth-order valence-corrected chi connectivity index (χ4v) is 5.12. The monoisotopic (exact) mass is 317 g/mol. The van der Waals surface area contributed by atoms with Gasteiger partial charge in [0.15, 0.2) is 0 Å².